The molecule has 1 aliphatic heterocycles. The quantitative estimate of drug-likeness (QED) is 0.497. The highest BCUT2D eigenvalue weighted by atomic mass is 16.5. The van der Waals surface area contributed by atoms with Gasteiger partial charge in [0.15, 0.2) is 0 Å². The summed E-state index contributed by atoms with van der Waals surface area (Å²) in [6.45, 7) is 4.82. The third-order valence-corrected chi connectivity index (χ3v) is 3.77. The second-order valence-electron chi connectivity index (χ2n) is 5.36. The molecular formula is C14H24N2O5. The van der Waals surface area contributed by atoms with Crippen molar-refractivity contribution < 1.29 is 24.2 Å². The number of hydrogen-bond acceptors (Lipinski definition) is 5. The minimum atomic E-state index is -0.956. The van der Waals surface area contributed by atoms with Crippen LogP contribution in [0.3, 0.4) is 0 Å². The highest BCUT2D eigenvalue weighted by Gasteiger charge is 2.43. The van der Waals surface area contributed by atoms with Crippen molar-refractivity contribution in [1.29, 1.82) is 0 Å². The molecule has 1 fully saturated rings. The molecule has 0 aliphatic carbocycles. The number of nitrogens with one attached hydrogen (secondary N) is 1. The molecule has 1 amide bonds. The van der Waals surface area contributed by atoms with Crippen LogP contribution in [0, 0.1) is 0 Å². The van der Waals surface area contributed by atoms with E-state index < -0.39 is 11.5 Å². The highest BCUT2D eigenvalue weighted by molar-refractivity contribution is 5.82. The van der Waals surface area contributed by atoms with Gasteiger partial charge in [-0.05, 0) is 39.7 Å². The van der Waals surface area contributed by atoms with Crippen molar-refractivity contribution in [3.05, 3.63) is 0 Å². The van der Waals surface area contributed by atoms with Crippen molar-refractivity contribution >= 4 is 17.8 Å². The Kier molecular flexibility index (Phi) is 6.61. The molecule has 21 heavy (non-hydrogen) atoms. The Bertz CT molecular complexity index is 399. The SMILES string of the molecule is CCOC(=O)CCCNC(=O)CN1CCCC1(C)C(=O)O. The number of likely N-dealkylation sites (tertiary alicyclic amines) is 1. The number of aliphatic carboxylic acids is 1. The Hall–Kier alpha value is -1.63. The van der Waals surface area contributed by atoms with Gasteiger partial charge >= 0.3 is 11.9 Å². The summed E-state index contributed by atoms with van der Waals surface area (Å²) in [6, 6.07) is 0. The summed E-state index contributed by atoms with van der Waals surface area (Å²) >= 11 is 0. The molecule has 1 heterocycles. The van der Waals surface area contributed by atoms with Gasteiger partial charge in [-0.25, -0.2) is 0 Å². The van der Waals surface area contributed by atoms with Gasteiger partial charge in [0.25, 0.3) is 0 Å². The predicted molar refractivity (Wildman–Crippen MR) is 75.7 cm³/mol. The van der Waals surface area contributed by atoms with Crippen molar-refractivity contribution in [2.45, 2.75) is 45.1 Å². The number of carbonyl (C=O) groups excluding carboxylic acids is 2. The number of nitrogens with zero attached hydrogens (tertiary/aromatic N) is 1. The maximum absolute atomic E-state index is 11.8. The van der Waals surface area contributed by atoms with Crippen LogP contribution >= 0.6 is 0 Å². The topological polar surface area (TPSA) is 95.9 Å². The van der Waals surface area contributed by atoms with Crippen LogP contribution in [-0.4, -0.2) is 59.6 Å². The predicted octanol–water partition coefficient (Wildman–Crippen LogP) is 0.385. The second kappa shape index (κ2) is 7.97. The molecule has 0 aromatic rings. The number of esters is 1. The first-order chi connectivity index (χ1) is 9.90. The maximum Gasteiger partial charge on any atom is 0.323 e. The third kappa shape index (κ3) is 5.00. The summed E-state index contributed by atoms with van der Waals surface area (Å²) in [5, 5.41) is 12.0. The van der Waals surface area contributed by atoms with Crippen LogP contribution in [0.15, 0.2) is 0 Å². The number of ether oxygens (including phenoxy) is 1. The van der Waals surface area contributed by atoms with Gasteiger partial charge in [0, 0.05) is 13.0 Å². The van der Waals surface area contributed by atoms with Crippen LogP contribution in [0.5, 0.6) is 0 Å². The lowest BCUT2D eigenvalue weighted by molar-refractivity contribution is -0.149. The molecule has 7 heteroatoms. The summed E-state index contributed by atoms with van der Waals surface area (Å²) in [7, 11) is 0. The highest BCUT2D eigenvalue weighted by Crippen LogP contribution is 2.28. The molecule has 1 aliphatic rings. The van der Waals surface area contributed by atoms with E-state index in [9.17, 15) is 19.5 Å². The number of carboxylic acid groups (broad SMARTS) is 1. The Labute approximate surface area is 124 Å². The standard InChI is InChI=1S/C14H24N2O5/c1-3-21-12(18)6-4-8-15-11(17)10-16-9-5-7-14(16,2)13(19)20/h3-10H2,1-2H3,(H,15,17)(H,19,20). The van der Waals surface area contributed by atoms with E-state index >= 15 is 0 Å². The lowest BCUT2D eigenvalue weighted by Gasteiger charge is -2.30. The van der Waals surface area contributed by atoms with Gasteiger partial charge in [0.2, 0.25) is 5.91 Å². The van der Waals surface area contributed by atoms with Crippen LogP contribution in [0.4, 0.5) is 0 Å². The van der Waals surface area contributed by atoms with Gasteiger partial charge in [0.1, 0.15) is 5.54 Å². The lowest BCUT2D eigenvalue weighted by Crippen LogP contribution is -2.51. The van der Waals surface area contributed by atoms with Crippen molar-refractivity contribution in [2.24, 2.45) is 0 Å². The van der Waals surface area contributed by atoms with Crippen LogP contribution in [0.1, 0.15) is 39.5 Å². The van der Waals surface area contributed by atoms with Gasteiger partial charge in [-0.15, -0.1) is 0 Å². The fraction of sp³-hybridized carbons (Fsp3) is 0.786. The van der Waals surface area contributed by atoms with Crippen molar-refractivity contribution in [3.8, 4) is 0 Å². The number of amides is 1. The summed E-state index contributed by atoms with van der Waals surface area (Å²) in [4.78, 5) is 35.9. The van der Waals surface area contributed by atoms with Crippen LogP contribution in [-0.2, 0) is 19.1 Å². The fourth-order valence-electron chi connectivity index (χ4n) is 2.44. The average molecular weight is 300 g/mol. The van der Waals surface area contributed by atoms with E-state index in [-0.39, 0.29) is 24.8 Å². The number of hydrogen-bond donors (Lipinski definition) is 2. The minimum absolute atomic E-state index is 0.0716. The Morgan fingerprint density at radius 2 is 2.10 bits per heavy atom. The number of carbonyl (C=O) groups is 3. The van der Waals surface area contributed by atoms with Gasteiger partial charge in [-0.2, -0.15) is 0 Å². The monoisotopic (exact) mass is 300 g/mol. The molecule has 0 bridgehead atoms. The fourth-order valence-corrected chi connectivity index (χ4v) is 2.44. The van der Waals surface area contributed by atoms with Crippen LogP contribution < -0.4 is 5.32 Å². The Morgan fingerprint density at radius 1 is 1.38 bits per heavy atom. The third-order valence-electron chi connectivity index (χ3n) is 3.77. The van der Waals surface area contributed by atoms with Gasteiger partial charge in [-0.1, -0.05) is 0 Å². The van der Waals surface area contributed by atoms with E-state index in [0.717, 1.165) is 6.42 Å². The first-order valence-electron chi connectivity index (χ1n) is 7.31. The zero-order chi connectivity index (χ0) is 15.9. The molecule has 120 valence electrons. The molecule has 0 aromatic heterocycles. The zero-order valence-corrected chi connectivity index (χ0v) is 12.7. The van der Waals surface area contributed by atoms with E-state index in [2.05, 4.69) is 5.32 Å². The summed E-state index contributed by atoms with van der Waals surface area (Å²) in [6.07, 6.45) is 2.11. The molecule has 1 saturated heterocycles. The molecule has 2 N–H and O–H groups in total. The van der Waals surface area contributed by atoms with E-state index in [1.54, 1.807) is 18.7 Å². The largest absolute Gasteiger partial charge is 0.480 e. The van der Waals surface area contributed by atoms with E-state index in [0.29, 0.717) is 32.5 Å². The normalized spacial score (nSPS) is 22.0. The minimum Gasteiger partial charge on any atom is -0.480 e. The van der Waals surface area contributed by atoms with Crippen molar-refractivity contribution in [1.82, 2.24) is 10.2 Å². The van der Waals surface area contributed by atoms with Gasteiger partial charge < -0.3 is 15.2 Å². The van der Waals surface area contributed by atoms with E-state index in [4.69, 9.17) is 4.74 Å². The second-order valence-corrected chi connectivity index (χ2v) is 5.36. The van der Waals surface area contributed by atoms with E-state index in [1.807, 2.05) is 0 Å². The lowest BCUT2D eigenvalue weighted by atomic mass is 9.99. The van der Waals surface area contributed by atoms with Crippen LogP contribution in [0.25, 0.3) is 0 Å². The molecule has 7 nitrogen and oxygen atoms in total. The molecule has 1 atom stereocenters. The first-order valence-corrected chi connectivity index (χ1v) is 7.31. The first kappa shape index (κ1) is 17.4. The molecule has 1 rings (SSSR count). The zero-order valence-electron chi connectivity index (χ0n) is 12.7. The van der Waals surface area contributed by atoms with Crippen molar-refractivity contribution in [3.63, 3.8) is 0 Å². The summed E-state index contributed by atoms with van der Waals surface area (Å²) < 4.78 is 4.79. The molecular weight excluding hydrogens is 276 g/mol. The van der Waals surface area contributed by atoms with Gasteiger partial charge in [0.05, 0.1) is 13.2 Å². The molecule has 0 saturated carbocycles. The number of rotatable bonds is 8. The van der Waals surface area contributed by atoms with Crippen LogP contribution in [0.2, 0.25) is 0 Å². The summed E-state index contributed by atoms with van der Waals surface area (Å²) in [5.74, 6) is -1.38. The van der Waals surface area contributed by atoms with Crippen molar-refractivity contribution in [2.75, 3.05) is 26.2 Å². The smallest absolute Gasteiger partial charge is 0.323 e. The molecule has 0 radical (unpaired) electrons. The Balaban J connectivity index is 2.28. The Morgan fingerprint density at radius 3 is 2.71 bits per heavy atom. The molecule has 0 aromatic carbocycles. The number of carboxylic acids is 1. The van der Waals surface area contributed by atoms with Gasteiger partial charge in [-0.3, -0.25) is 19.3 Å². The molecule has 0 spiro atoms. The summed E-state index contributed by atoms with van der Waals surface area (Å²) in [5.41, 5.74) is -0.956. The molecule has 1 unspecified atom stereocenters. The maximum atomic E-state index is 11.8. The average Bonchev–Trinajstić information content (AvgIpc) is 2.78. The van der Waals surface area contributed by atoms with E-state index in [1.165, 1.54) is 0 Å².